The second-order valence-electron chi connectivity index (χ2n) is 2.58. The Kier molecular flexibility index (Phi) is 2.26. The number of aliphatic imine (C=N–C) groups is 1. The molecule has 0 amide bonds. The Hall–Kier alpha value is -1.31. The van der Waals surface area contributed by atoms with Gasteiger partial charge in [-0.25, -0.2) is 0 Å². The summed E-state index contributed by atoms with van der Waals surface area (Å²) in [5.41, 5.74) is 1.89. The summed E-state index contributed by atoms with van der Waals surface area (Å²) in [5.74, 6) is 0.276. The van der Waals surface area contributed by atoms with Crippen molar-refractivity contribution in [3.63, 3.8) is 0 Å². The molecular formula is C9H11NO. The minimum Gasteiger partial charge on any atom is -0.508 e. The molecule has 0 fully saturated rings. The first-order valence-corrected chi connectivity index (χ1v) is 3.49. The summed E-state index contributed by atoms with van der Waals surface area (Å²) in [7, 11) is 0. The van der Waals surface area contributed by atoms with Crippen molar-refractivity contribution in [2.24, 2.45) is 4.99 Å². The zero-order chi connectivity index (χ0) is 8.27. The summed E-state index contributed by atoms with van der Waals surface area (Å²) in [6.45, 7) is 3.87. The van der Waals surface area contributed by atoms with Gasteiger partial charge in [0.2, 0.25) is 0 Å². The van der Waals surface area contributed by atoms with Crippen LogP contribution in [0.5, 0.6) is 5.75 Å². The molecule has 0 atom stereocenters. The van der Waals surface area contributed by atoms with Gasteiger partial charge in [0.1, 0.15) is 5.75 Å². The van der Waals surface area contributed by atoms with Gasteiger partial charge in [0.25, 0.3) is 0 Å². The minimum absolute atomic E-state index is 0.276. The normalized spacial score (nSPS) is 9.27. The minimum atomic E-state index is 0.276. The summed E-state index contributed by atoms with van der Waals surface area (Å²) in [5, 5.41) is 8.94. The van der Waals surface area contributed by atoms with E-state index in [0.29, 0.717) is 0 Å². The highest BCUT2D eigenvalue weighted by molar-refractivity contribution is 5.82. The van der Waals surface area contributed by atoms with Gasteiger partial charge in [0.05, 0.1) is 5.69 Å². The van der Waals surface area contributed by atoms with Crippen LogP contribution in [0.25, 0.3) is 0 Å². The summed E-state index contributed by atoms with van der Waals surface area (Å²) in [4.78, 5) is 4.21. The van der Waals surface area contributed by atoms with Crippen LogP contribution in [0.4, 0.5) is 5.69 Å². The maximum atomic E-state index is 8.94. The highest BCUT2D eigenvalue weighted by atomic mass is 16.3. The lowest BCUT2D eigenvalue weighted by atomic mass is 10.3. The van der Waals surface area contributed by atoms with Gasteiger partial charge in [-0.3, -0.25) is 4.99 Å². The fourth-order valence-electron chi connectivity index (χ4n) is 0.785. The Morgan fingerprint density at radius 1 is 1.18 bits per heavy atom. The number of hydrogen-bond donors (Lipinski definition) is 1. The van der Waals surface area contributed by atoms with Gasteiger partial charge >= 0.3 is 0 Å². The molecule has 0 bridgehead atoms. The van der Waals surface area contributed by atoms with Crippen molar-refractivity contribution in [2.45, 2.75) is 13.8 Å². The van der Waals surface area contributed by atoms with Crippen LogP contribution in [0.3, 0.4) is 0 Å². The molecule has 0 aliphatic heterocycles. The number of nitrogens with zero attached hydrogens (tertiary/aromatic N) is 1. The Morgan fingerprint density at radius 3 is 2.18 bits per heavy atom. The van der Waals surface area contributed by atoms with Crippen molar-refractivity contribution in [3.05, 3.63) is 24.3 Å². The summed E-state index contributed by atoms with van der Waals surface area (Å²) in [6.07, 6.45) is 0. The molecule has 1 aromatic carbocycles. The highest BCUT2D eigenvalue weighted by Gasteiger charge is 1.88. The zero-order valence-corrected chi connectivity index (χ0v) is 6.70. The van der Waals surface area contributed by atoms with Crippen LogP contribution in [0.2, 0.25) is 0 Å². The molecule has 0 aliphatic carbocycles. The van der Waals surface area contributed by atoms with Crippen molar-refractivity contribution in [1.82, 2.24) is 0 Å². The highest BCUT2D eigenvalue weighted by Crippen LogP contribution is 2.16. The standard InChI is InChI=1S/C9H11NO/c1-7(2)10-8-3-5-9(11)6-4-8/h3-6,11H,1-2H3. The van der Waals surface area contributed by atoms with E-state index in [-0.39, 0.29) is 5.75 Å². The molecule has 2 nitrogen and oxygen atoms in total. The van der Waals surface area contributed by atoms with E-state index in [0.717, 1.165) is 11.4 Å². The van der Waals surface area contributed by atoms with E-state index >= 15 is 0 Å². The second-order valence-corrected chi connectivity index (χ2v) is 2.58. The zero-order valence-electron chi connectivity index (χ0n) is 6.70. The molecule has 11 heavy (non-hydrogen) atoms. The third kappa shape index (κ3) is 2.42. The predicted octanol–water partition coefficient (Wildman–Crippen LogP) is 2.50. The summed E-state index contributed by atoms with van der Waals surface area (Å²) < 4.78 is 0. The number of aromatic hydroxyl groups is 1. The molecule has 0 saturated heterocycles. The van der Waals surface area contributed by atoms with Crippen LogP contribution in [-0.4, -0.2) is 10.8 Å². The van der Waals surface area contributed by atoms with Gasteiger partial charge in [-0.05, 0) is 38.1 Å². The van der Waals surface area contributed by atoms with Crippen LogP contribution in [0, 0.1) is 0 Å². The van der Waals surface area contributed by atoms with E-state index in [1.54, 1.807) is 24.3 Å². The molecule has 1 aromatic rings. The van der Waals surface area contributed by atoms with Crippen LogP contribution < -0.4 is 0 Å². The maximum absolute atomic E-state index is 8.94. The van der Waals surface area contributed by atoms with E-state index in [4.69, 9.17) is 5.11 Å². The molecule has 0 saturated carbocycles. The first-order chi connectivity index (χ1) is 5.18. The molecule has 1 rings (SSSR count). The van der Waals surface area contributed by atoms with Crippen LogP contribution in [-0.2, 0) is 0 Å². The fraction of sp³-hybridized carbons (Fsp3) is 0.222. The molecule has 58 valence electrons. The average molecular weight is 149 g/mol. The number of phenolic OH excluding ortho intramolecular Hbond substituents is 1. The average Bonchev–Trinajstić information content (AvgIpc) is 1.93. The molecular weight excluding hydrogens is 138 g/mol. The lowest BCUT2D eigenvalue weighted by molar-refractivity contribution is 0.475. The van der Waals surface area contributed by atoms with Crippen LogP contribution >= 0.6 is 0 Å². The van der Waals surface area contributed by atoms with E-state index in [9.17, 15) is 0 Å². The third-order valence-corrected chi connectivity index (χ3v) is 1.20. The number of benzene rings is 1. The van der Waals surface area contributed by atoms with E-state index in [2.05, 4.69) is 4.99 Å². The Labute approximate surface area is 66.2 Å². The summed E-state index contributed by atoms with van der Waals surface area (Å²) in [6, 6.07) is 6.81. The molecule has 0 radical (unpaired) electrons. The van der Waals surface area contributed by atoms with Gasteiger partial charge in [-0.1, -0.05) is 0 Å². The largest absolute Gasteiger partial charge is 0.508 e. The predicted molar refractivity (Wildman–Crippen MR) is 46.5 cm³/mol. The maximum Gasteiger partial charge on any atom is 0.115 e. The first-order valence-electron chi connectivity index (χ1n) is 3.49. The van der Waals surface area contributed by atoms with Gasteiger partial charge < -0.3 is 5.11 Å². The fourth-order valence-corrected chi connectivity index (χ4v) is 0.785. The van der Waals surface area contributed by atoms with Gasteiger partial charge in [-0.2, -0.15) is 0 Å². The van der Waals surface area contributed by atoms with Crippen LogP contribution in [0.1, 0.15) is 13.8 Å². The molecule has 0 unspecified atom stereocenters. The van der Waals surface area contributed by atoms with E-state index in [1.165, 1.54) is 0 Å². The third-order valence-electron chi connectivity index (χ3n) is 1.20. The Morgan fingerprint density at radius 2 is 1.73 bits per heavy atom. The topological polar surface area (TPSA) is 32.6 Å². The van der Waals surface area contributed by atoms with Crippen LogP contribution in [0.15, 0.2) is 29.3 Å². The quantitative estimate of drug-likeness (QED) is 0.611. The second kappa shape index (κ2) is 3.19. The lowest BCUT2D eigenvalue weighted by Crippen LogP contribution is -1.77. The molecule has 0 spiro atoms. The molecule has 0 aromatic heterocycles. The molecule has 0 aliphatic rings. The van der Waals surface area contributed by atoms with Crippen molar-refractivity contribution in [2.75, 3.05) is 0 Å². The van der Waals surface area contributed by atoms with Crippen molar-refractivity contribution >= 4 is 11.4 Å². The number of rotatable bonds is 1. The first kappa shape index (κ1) is 7.79. The van der Waals surface area contributed by atoms with E-state index in [1.807, 2.05) is 13.8 Å². The van der Waals surface area contributed by atoms with Gasteiger partial charge in [0.15, 0.2) is 0 Å². The number of phenols is 1. The molecule has 1 N–H and O–H groups in total. The SMILES string of the molecule is CC(C)=Nc1ccc(O)cc1. The monoisotopic (exact) mass is 149 g/mol. The van der Waals surface area contributed by atoms with Crippen molar-refractivity contribution < 1.29 is 5.11 Å². The van der Waals surface area contributed by atoms with Gasteiger partial charge in [0, 0.05) is 5.71 Å². The van der Waals surface area contributed by atoms with Gasteiger partial charge in [-0.15, -0.1) is 0 Å². The summed E-state index contributed by atoms with van der Waals surface area (Å²) >= 11 is 0. The molecule has 2 heteroatoms. The van der Waals surface area contributed by atoms with Crippen molar-refractivity contribution in [1.29, 1.82) is 0 Å². The number of hydrogen-bond acceptors (Lipinski definition) is 2. The van der Waals surface area contributed by atoms with Crippen molar-refractivity contribution in [3.8, 4) is 5.75 Å². The smallest absolute Gasteiger partial charge is 0.115 e. The molecule has 0 heterocycles. The lowest BCUT2D eigenvalue weighted by Gasteiger charge is -1.94. The Bertz CT molecular complexity index is 257. The van der Waals surface area contributed by atoms with E-state index < -0.39 is 0 Å². The Balaban J connectivity index is 2.91.